The maximum atomic E-state index is 12.9. The average molecular weight is 409 g/mol. The van der Waals surface area contributed by atoms with Crippen LogP contribution in [0, 0.1) is 6.92 Å². The highest BCUT2D eigenvalue weighted by atomic mass is 35.5. The molecule has 144 valence electrons. The Morgan fingerprint density at radius 1 is 1.26 bits per heavy atom. The fourth-order valence-electron chi connectivity index (χ4n) is 3.32. The van der Waals surface area contributed by atoms with Gasteiger partial charge in [-0.1, -0.05) is 17.3 Å². The van der Waals surface area contributed by atoms with E-state index in [1.807, 2.05) is 49.2 Å². The van der Waals surface area contributed by atoms with E-state index in [0.717, 1.165) is 35.2 Å². The summed E-state index contributed by atoms with van der Waals surface area (Å²) in [5, 5.41) is 13.8. The lowest BCUT2D eigenvalue weighted by atomic mass is 10.1. The summed E-state index contributed by atoms with van der Waals surface area (Å²) >= 11 is 0. The van der Waals surface area contributed by atoms with E-state index in [2.05, 4.69) is 20.6 Å². The first-order chi connectivity index (χ1) is 12.2. The minimum atomic E-state index is -0.0559. The zero-order chi connectivity index (χ0) is 17.4. The minimum absolute atomic E-state index is 0. The molecule has 0 saturated carbocycles. The molecule has 7 nitrogen and oxygen atoms in total. The number of pyridine rings is 1. The van der Waals surface area contributed by atoms with E-state index in [0.29, 0.717) is 12.2 Å². The summed E-state index contributed by atoms with van der Waals surface area (Å²) in [6.07, 6.45) is 3.58. The SMILES string of the molecule is Cc1c(C(=O)N2CCNCC2C)nnn1-c1cccc2cnccc12.Cl.Cl. The van der Waals surface area contributed by atoms with E-state index < -0.39 is 0 Å². The van der Waals surface area contributed by atoms with Crippen LogP contribution in [0.2, 0.25) is 0 Å². The van der Waals surface area contributed by atoms with E-state index in [1.54, 1.807) is 10.9 Å². The molecule has 9 heteroatoms. The molecule has 4 rings (SSSR count). The molecule has 1 unspecified atom stereocenters. The van der Waals surface area contributed by atoms with E-state index in [1.165, 1.54) is 0 Å². The van der Waals surface area contributed by atoms with Crippen molar-refractivity contribution in [2.45, 2.75) is 19.9 Å². The van der Waals surface area contributed by atoms with Crippen molar-refractivity contribution in [3.63, 3.8) is 0 Å². The highest BCUT2D eigenvalue weighted by Crippen LogP contribution is 2.23. The van der Waals surface area contributed by atoms with Gasteiger partial charge in [-0.25, -0.2) is 4.68 Å². The number of carbonyl (C=O) groups excluding carboxylic acids is 1. The van der Waals surface area contributed by atoms with Crippen molar-refractivity contribution in [2.24, 2.45) is 0 Å². The van der Waals surface area contributed by atoms with Crippen molar-refractivity contribution in [2.75, 3.05) is 19.6 Å². The van der Waals surface area contributed by atoms with Crippen LogP contribution in [0.25, 0.3) is 16.5 Å². The van der Waals surface area contributed by atoms with Crippen LogP contribution in [-0.2, 0) is 0 Å². The van der Waals surface area contributed by atoms with Crippen molar-refractivity contribution >= 4 is 41.5 Å². The molecule has 1 aromatic carbocycles. The number of fused-ring (bicyclic) bond motifs is 1. The standard InChI is InChI=1S/C18H20N6O.2ClH/c1-12-10-20-8-9-23(12)18(25)17-13(2)24(22-21-17)16-5-3-4-14-11-19-7-6-15(14)16;;/h3-7,11-12,20H,8-10H2,1-2H3;2*1H. The maximum Gasteiger partial charge on any atom is 0.276 e. The number of nitrogens with one attached hydrogen (secondary N) is 1. The fourth-order valence-corrected chi connectivity index (χ4v) is 3.32. The molecule has 3 heterocycles. The summed E-state index contributed by atoms with van der Waals surface area (Å²) in [5.74, 6) is -0.0559. The summed E-state index contributed by atoms with van der Waals surface area (Å²) in [7, 11) is 0. The monoisotopic (exact) mass is 408 g/mol. The fraction of sp³-hybridized carbons (Fsp3) is 0.333. The van der Waals surface area contributed by atoms with Crippen molar-refractivity contribution in [1.29, 1.82) is 0 Å². The lowest BCUT2D eigenvalue weighted by molar-refractivity contribution is 0.0649. The van der Waals surface area contributed by atoms with E-state index in [9.17, 15) is 4.79 Å². The van der Waals surface area contributed by atoms with Crippen LogP contribution in [-0.4, -0.2) is 56.5 Å². The number of rotatable bonds is 2. The van der Waals surface area contributed by atoms with Crippen molar-refractivity contribution in [3.8, 4) is 5.69 Å². The van der Waals surface area contributed by atoms with Crippen molar-refractivity contribution in [3.05, 3.63) is 48.0 Å². The van der Waals surface area contributed by atoms with Crippen LogP contribution in [0.15, 0.2) is 36.7 Å². The molecule has 1 fully saturated rings. The highest BCUT2D eigenvalue weighted by Gasteiger charge is 2.28. The van der Waals surface area contributed by atoms with Gasteiger partial charge < -0.3 is 10.2 Å². The molecular weight excluding hydrogens is 387 g/mol. The molecule has 0 bridgehead atoms. The number of nitrogens with zero attached hydrogens (tertiary/aromatic N) is 5. The Morgan fingerprint density at radius 3 is 2.85 bits per heavy atom. The van der Waals surface area contributed by atoms with Gasteiger partial charge in [0.05, 0.1) is 11.4 Å². The van der Waals surface area contributed by atoms with E-state index >= 15 is 0 Å². The zero-order valence-corrected chi connectivity index (χ0v) is 16.8. The van der Waals surface area contributed by atoms with Gasteiger partial charge in [-0.2, -0.15) is 0 Å². The molecule has 1 amide bonds. The summed E-state index contributed by atoms with van der Waals surface area (Å²) in [6.45, 7) is 6.22. The molecule has 0 radical (unpaired) electrons. The van der Waals surface area contributed by atoms with Crippen LogP contribution >= 0.6 is 24.8 Å². The van der Waals surface area contributed by atoms with Gasteiger partial charge >= 0.3 is 0 Å². The second-order valence-electron chi connectivity index (χ2n) is 6.36. The molecular formula is C18H22Cl2N6O. The molecule has 1 aliphatic heterocycles. The maximum absolute atomic E-state index is 12.9. The number of carbonyl (C=O) groups is 1. The van der Waals surface area contributed by atoms with Gasteiger partial charge in [-0.05, 0) is 26.0 Å². The molecule has 2 aromatic heterocycles. The largest absolute Gasteiger partial charge is 0.332 e. The van der Waals surface area contributed by atoms with Crippen LogP contribution < -0.4 is 5.32 Å². The molecule has 0 spiro atoms. The first-order valence-electron chi connectivity index (χ1n) is 8.44. The van der Waals surface area contributed by atoms with Crippen LogP contribution in [0.4, 0.5) is 0 Å². The smallest absolute Gasteiger partial charge is 0.276 e. The zero-order valence-electron chi connectivity index (χ0n) is 15.1. The lowest BCUT2D eigenvalue weighted by Crippen LogP contribution is -2.52. The normalized spacial score (nSPS) is 16.5. The third kappa shape index (κ3) is 3.76. The second-order valence-corrected chi connectivity index (χ2v) is 6.36. The Labute approximate surface area is 170 Å². The van der Waals surface area contributed by atoms with Gasteiger partial charge in [0, 0.05) is 48.8 Å². The number of benzene rings is 1. The third-order valence-corrected chi connectivity index (χ3v) is 4.75. The number of hydrogen-bond acceptors (Lipinski definition) is 5. The van der Waals surface area contributed by atoms with Gasteiger partial charge in [0.1, 0.15) is 0 Å². The first-order valence-corrected chi connectivity index (χ1v) is 8.44. The number of piperazine rings is 1. The van der Waals surface area contributed by atoms with Gasteiger partial charge in [-0.3, -0.25) is 9.78 Å². The molecule has 27 heavy (non-hydrogen) atoms. The molecule has 1 saturated heterocycles. The predicted octanol–water partition coefficient (Wildman–Crippen LogP) is 2.40. The predicted molar refractivity (Wildman–Crippen MR) is 109 cm³/mol. The number of halogens is 2. The Balaban J connectivity index is 0.00000131. The highest BCUT2D eigenvalue weighted by molar-refractivity contribution is 5.94. The lowest BCUT2D eigenvalue weighted by Gasteiger charge is -2.33. The summed E-state index contributed by atoms with van der Waals surface area (Å²) in [6, 6.07) is 8.04. The molecule has 1 aliphatic rings. The number of aromatic nitrogens is 4. The van der Waals surface area contributed by atoms with Crippen LogP contribution in [0.3, 0.4) is 0 Å². The second kappa shape index (κ2) is 8.65. The third-order valence-electron chi connectivity index (χ3n) is 4.75. The van der Waals surface area contributed by atoms with E-state index in [4.69, 9.17) is 0 Å². The summed E-state index contributed by atoms with van der Waals surface area (Å²) in [4.78, 5) is 18.9. The minimum Gasteiger partial charge on any atom is -0.332 e. The Bertz CT molecular complexity index is 939. The summed E-state index contributed by atoms with van der Waals surface area (Å²) in [5.41, 5.74) is 2.07. The molecule has 3 aromatic rings. The van der Waals surface area contributed by atoms with Gasteiger partial charge in [0.25, 0.3) is 5.91 Å². The Morgan fingerprint density at radius 2 is 2.07 bits per heavy atom. The first kappa shape index (κ1) is 21.1. The summed E-state index contributed by atoms with van der Waals surface area (Å²) < 4.78 is 1.74. The topological polar surface area (TPSA) is 75.9 Å². The van der Waals surface area contributed by atoms with Gasteiger partial charge in [0.15, 0.2) is 5.69 Å². The quantitative estimate of drug-likeness (QED) is 0.704. The molecule has 1 N–H and O–H groups in total. The number of hydrogen-bond donors (Lipinski definition) is 1. The van der Waals surface area contributed by atoms with Crippen LogP contribution in [0.1, 0.15) is 23.1 Å². The Kier molecular flexibility index (Phi) is 6.75. The van der Waals surface area contributed by atoms with Gasteiger partial charge in [-0.15, -0.1) is 29.9 Å². The van der Waals surface area contributed by atoms with Crippen molar-refractivity contribution < 1.29 is 4.79 Å². The van der Waals surface area contributed by atoms with Gasteiger partial charge in [0.2, 0.25) is 0 Å². The molecule has 0 aliphatic carbocycles. The van der Waals surface area contributed by atoms with E-state index in [-0.39, 0.29) is 36.8 Å². The number of amides is 1. The average Bonchev–Trinajstić information content (AvgIpc) is 3.02. The van der Waals surface area contributed by atoms with Crippen LogP contribution in [0.5, 0.6) is 0 Å². The van der Waals surface area contributed by atoms with Crippen molar-refractivity contribution in [1.82, 2.24) is 30.2 Å². The Hall–Kier alpha value is -2.22. The molecule has 1 atom stereocenters.